The van der Waals surface area contributed by atoms with Gasteiger partial charge < -0.3 is 20.4 Å². The number of nitrogens with zero attached hydrogens (tertiary/aromatic N) is 2. The predicted molar refractivity (Wildman–Crippen MR) is 136 cm³/mol. The number of aromatic nitrogens is 1. The Kier molecular flexibility index (Phi) is 9.49. The summed E-state index contributed by atoms with van der Waals surface area (Å²) in [5.74, 6) is -1.25. The second-order valence-electron chi connectivity index (χ2n) is 8.70. The van der Waals surface area contributed by atoms with Crippen LogP contribution in [0.5, 0.6) is 0 Å². The van der Waals surface area contributed by atoms with Crippen LogP contribution in [-0.2, 0) is 14.3 Å². The summed E-state index contributed by atoms with van der Waals surface area (Å²) >= 11 is 0. The van der Waals surface area contributed by atoms with Gasteiger partial charge in [0.1, 0.15) is 5.82 Å². The molecule has 0 saturated heterocycles. The Morgan fingerprint density at radius 1 is 1.11 bits per heavy atom. The van der Waals surface area contributed by atoms with Gasteiger partial charge >= 0.3 is 5.97 Å². The first-order valence-corrected chi connectivity index (χ1v) is 12.1. The Bertz CT molecular complexity index is 1190. The van der Waals surface area contributed by atoms with Gasteiger partial charge in [-0.1, -0.05) is 25.7 Å². The number of aromatic amines is 1. The third-order valence-corrected chi connectivity index (χ3v) is 6.07. The molecule has 0 fully saturated rings. The van der Waals surface area contributed by atoms with Crippen LogP contribution in [0.1, 0.15) is 77.8 Å². The van der Waals surface area contributed by atoms with E-state index < -0.39 is 11.7 Å². The number of aryl methyl sites for hydroxylation is 1. The molecule has 10 heteroatoms. The molecule has 0 bridgehead atoms. The number of esters is 1. The molecule has 0 atom stereocenters. The van der Waals surface area contributed by atoms with E-state index in [9.17, 15) is 18.8 Å². The van der Waals surface area contributed by atoms with Crippen molar-refractivity contribution in [3.05, 3.63) is 52.1 Å². The quantitative estimate of drug-likeness (QED) is 0.176. The number of H-pyrrole nitrogens is 1. The van der Waals surface area contributed by atoms with Crippen LogP contribution in [0, 0.1) is 19.7 Å². The third-order valence-electron chi connectivity index (χ3n) is 6.07. The van der Waals surface area contributed by atoms with E-state index in [0.717, 1.165) is 44.1 Å². The number of methoxy groups -OCH3 is 1. The molecule has 0 saturated carbocycles. The average molecular weight is 498 g/mol. The summed E-state index contributed by atoms with van der Waals surface area (Å²) in [4.78, 5) is 39.1. The van der Waals surface area contributed by atoms with Crippen LogP contribution in [0.2, 0.25) is 0 Å². The molecule has 1 aliphatic heterocycles. The van der Waals surface area contributed by atoms with Gasteiger partial charge in [0, 0.05) is 24.2 Å². The molecule has 192 valence electrons. The van der Waals surface area contributed by atoms with E-state index in [4.69, 9.17) is 0 Å². The smallest absolute Gasteiger partial charge is 0.305 e. The monoisotopic (exact) mass is 497 g/mol. The lowest BCUT2D eigenvalue weighted by Gasteiger charge is -2.06. The number of nitrogens with one attached hydrogen (secondary N) is 3. The number of carbonyl (C=O) groups excluding carboxylic acids is 3. The van der Waals surface area contributed by atoms with Gasteiger partial charge in [-0.3, -0.25) is 14.4 Å². The van der Waals surface area contributed by atoms with Gasteiger partial charge in [0.25, 0.3) is 11.8 Å². The fourth-order valence-electron chi connectivity index (χ4n) is 4.11. The van der Waals surface area contributed by atoms with Gasteiger partial charge in [0.05, 0.1) is 30.3 Å². The fourth-order valence-corrected chi connectivity index (χ4v) is 4.11. The van der Waals surface area contributed by atoms with Crippen LogP contribution in [0.4, 0.5) is 10.1 Å². The molecular formula is C26H32FN5O4. The Morgan fingerprint density at radius 2 is 1.83 bits per heavy atom. The van der Waals surface area contributed by atoms with Gasteiger partial charge in [-0.2, -0.15) is 5.10 Å². The lowest BCUT2D eigenvalue weighted by atomic mass is 10.1. The van der Waals surface area contributed by atoms with E-state index in [1.165, 1.54) is 31.5 Å². The minimum absolute atomic E-state index is 0.0307. The van der Waals surface area contributed by atoms with E-state index in [-0.39, 0.29) is 17.6 Å². The topological polar surface area (TPSA) is 125 Å². The van der Waals surface area contributed by atoms with Crippen molar-refractivity contribution in [1.82, 2.24) is 10.3 Å². The van der Waals surface area contributed by atoms with Crippen LogP contribution in [-0.4, -0.2) is 48.3 Å². The molecule has 2 heterocycles. The van der Waals surface area contributed by atoms with Crippen LogP contribution in [0.3, 0.4) is 0 Å². The number of anilines is 1. The van der Waals surface area contributed by atoms with Crippen LogP contribution < -0.4 is 10.6 Å². The molecule has 1 aromatic heterocycles. The second kappa shape index (κ2) is 12.8. The van der Waals surface area contributed by atoms with E-state index in [1.807, 2.05) is 13.8 Å². The maximum Gasteiger partial charge on any atom is 0.305 e. The number of amides is 2. The van der Waals surface area contributed by atoms with Crippen molar-refractivity contribution in [2.45, 2.75) is 58.8 Å². The first kappa shape index (κ1) is 26.8. The molecule has 3 rings (SSSR count). The van der Waals surface area contributed by atoms with E-state index in [0.29, 0.717) is 41.2 Å². The Labute approximate surface area is 209 Å². The number of hydrogen-bond donors (Lipinski definition) is 3. The molecule has 2 amide bonds. The molecule has 0 radical (unpaired) electrons. The summed E-state index contributed by atoms with van der Waals surface area (Å²) in [7, 11) is 1.40. The van der Waals surface area contributed by atoms with Crippen molar-refractivity contribution >= 4 is 35.4 Å². The van der Waals surface area contributed by atoms with Gasteiger partial charge in [-0.05, 0) is 50.5 Å². The summed E-state index contributed by atoms with van der Waals surface area (Å²) in [6.45, 7) is 4.20. The van der Waals surface area contributed by atoms with Gasteiger partial charge in [-0.15, -0.1) is 5.10 Å². The number of rotatable bonds is 12. The first-order chi connectivity index (χ1) is 17.3. The Morgan fingerprint density at radius 3 is 2.58 bits per heavy atom. The summed E-state index contributed by atoms with van der Waals surface area (Å²) in [6, 6.07) is 3.98. The lowest BCUT2D eigenvalue weighted by molar-refractivity contribution is -0.140. The highest BCUT2D eigenvalue weighted by Gasteiger charge is 2.26. The minimum Gasteiger partial charge on any atom is -0.469 e. The zero-order valence-corrected chi connectivity index (χ0v) is 20.9. The number of halogens is 1. The lowest BCUT2D eigenvalue weighted by Crippen LogP contribution is -2.25. The predicted octanol–water partition coefficient (Wildman–Crippen LogP) is 4.18. The average Bonchev–Trinajstić information content (AvgIpc) is 3.31. The zero-order valence-electron chi connectivity index (χ0n) is 20.9. The standard InChI is InChI=1S/C26H32FN5O4/c1-16-21(15-29-32-24-19-14-18(27)11-12-20(19)31-26(24)35)30-17(2)23(16)25(34)28-13-9-7-5-4-6-8-10-22(33)36-3/h11-12,14-15,30H,4-10,13H2,1-3H3,(H,28,34)(H,31,32,35)/b29-15+. The highest BCUT2D eigenvalue weighted by atomic mass is 19.1. The fraction of sp³-hybridized carbons (Fsp3) is 0.423. The summed E-state index contributed by atoms with van der Waals surface area (Å²) in [5.41, 5.74) is 3.46. The molecule has 1 aliphatic rings. The third kappa shape index (κ3) is 6.87. The molecule has 36 heavy (non-hydrogen) atoms. The second-order valence-corrected chi connectivity index (χ2v) is 8.70. The van der Waals surface area contributed by atoms with Crippen molar-refractivity contribution in [2.24, 2.45) is 10.2 Å². The Hall–Kier alpha value is -3.82. The Balaban J connectivity index is 1.49. The number of hydrogen-bond acceptors (Lipinski definition) is 6. The molecule has 3 N–H and O–H groups in total. The summed E-state index contributed by atoms with van der Waals surface area (Å²) in [6.07, 6.45) is 7.72. The number of ether oxygens (including phenoxy) is 1. The molecule has 0 spiro atoms. The molecule has 0 aliphatic carbocycles. The van der Waals surface area contributed by atoms with Gasteiger partial charge in [-0.25, -0.2) is 4.39 Å². The van der Waals surface area contributed by atoms with Gasteiger partial charge in [0.2, 0.25) is 0 Å². The number of fused-ring (bicyclic) bond motifs is 1. The normalized spacial score (nSPS) is 13.8. The van der Waals surface area contributed by atoms with Crippen molar-refractivity contribution in [2.75, 3.05) is 19.0 Å². The maximum absolute atomic E-state index is 13.6. The van der Waals surface area contributed by atoms with Crippen molar-refractivity contribution in [1.29, 1.82) is 0 Å². The van der Waals surface area contributed by atoms with Crippen LogP contribution in [0.25, 0.3) is 0 Å². The van der Waals surface area contributed by atoms with Crippen molar-refractivity contribution in [3.63, 3.8) is 0 Å². The molecule has 1 aromatic carbocycles. The summed E-state index contributed by atoms with van der Waals surface area (Å²) < 4.78 is 18.2. The largest absolute Gasteiger partial charge is 0.469 e. The van der Waals surface area contributed by atoms with E-state index >= 15 is 0 Å². The first-order valence-electron chi connectivity index (χ1n) is 12.1. The minimum atomic E-state index is -0.468. The SMILES string of the molecule is COC(=O)CCCCCCCCNC(=O)c1c(C)[nH]c(/C=N/N=C2\C(=O)Nc3ccc(F)cc32)c1C. The molecule has 2 aromatic rings. The van der Waals surface area contributed by atoms with Crippen molar-refractivity contribution in [3.8, 4) is 0 Å². The summed E-state index contributed by atoms with van der Waals surface area (Å²) in [5, 5.41) is 13.6. The molecule has 9 nitrogen and oxygen atoms in total. The van der Waals surface area contributed by atoms with E-state index in [2.05, 4.69) is 30.6 Å². The molecule has 0 unspecified atom stereocenters. The van der Waals surface area contributed by atoms with Crippen LogP contribution in [0.15, 0.2) is 28.4 Å². The zero-order chi connectivity index (χ0) is 26.1. The van der Waals surface area contributed by atoms with Gasteiger partial charge in [0.15, 0.2) is 5.71 Å². The van der Waals surface area contributed by atoms with Crippen LogP contribution >= 0.6 is 0 Å². The van der Waals surface area contributed by atoms with Crippen molar-refractivity contribution < 1.29 is 23.5 Å². The molecular weight excluding hydrogens is 465 g/mol. The number of benzene rings is 1. The highest BCUT2D eigenvalue weighted by molar-refractivity contribution is 6.53. The maximum atomic E-state index is 13.6. The highest BCUT2D eigenvalue weighted by Crippen LogP contribution is 2.24. The number of unbranched alkanes of at least 4 members (excludes halogenated alkanes) is 5. The number of carbonyl (C=O) groups is 3. The van der Waals surface area contributed by atoms with E-state index in [1.54, 1.807) is 0 Å².